The maximum Gasteiger partial charge on any atom is 0.272 e. The standard InChI is InChI=1S/C20H28N6O/c1-15(2)7-9-21-18-14-17(23-16(3)24-18)20(27)26-12-10-25(11-13-26)19-6-4-5-8-22-19/h4-6,8,14-15H,7,9-13H2,1-3H3,(H,21,23,24). The molecule has 2 aromatic heterocycles. The lowest BCUT2D eigenvalue weighted by atomic mass is 10.1. The van der Waals surface area contributed by atoms with Gasteiger partial charge in [0, 0.05) is 45.0 Å². The molecule has 0 unspecified atom stereocenters. The van der Waals surface area contributed by atoms with Gasteiger partial charge < -0.3 is 15.1 Å². The highest BCUT2D eigenvalue weighted by Gasteiger charge is 2.24. The van der Waals surface area contributed by atoms with E-state index in [1.54, 1.807) is 12.3 Å². The molecule has 0 aliphatic carbocycles. The highest BCUT2D eigenvalue weighted by molar-refractivity contribution is 5.93. The number of anilines is 2. The first-order valence-electron chi connectivity index (χ1n) is 9.58. The number of nitrogens with zero attached hydrogens (tertiary/aromatic N) is 5. The third-order valence-electron chi connectivity index (χ3n) is 4.63. The molecule has 144 valence electrons. The van der Waals surface area contributed by atoms with Gasteiger partial charge in [0.1, 0.15) is 23.2 Å². The molecular formula is C20H28N6O. The van der Waals surface area contributed by atoms with Crippen molar-refractivity contribution in [2.75, 3.05) is 42.9 Å². The van der Waals surface area contributed by atoms with Crippen molar-refractivity contribution >= 4 is 17.5 Å². The molecule has 0 radical (unpaired) electrons. The van der Waals surface area contributed by atoms with Gasteiger partial charge in [-0.1, -0.05) is 19.9 Å². The maximum atomic E-state index is 12.9. The zero-order valence-electron chi connectivity index (χ0n) is 16.4. The van der Waals surface area contributed by atoms with Crippen LogP contribution < -0.4 is 10.2 Å². The van der Waals surface area contributed by atoms with Crippen molar-refractivity contribution in [3.05, 3.63) is 42.0 Å². The Labute approximate surface area is 160 Å². The van der Waals surface area contributed by atoms with Gasteiger partial charge in [0.2, 0.25) is 0 Å². The first kappa shape index (κ1) is 19.1. The quantitative estimate of drug-likeness (QED) is 0.845. The van der Waals surface area contributed by atoms with E-state index in [0.29, 0.717) is 30.5 Å². The van der Waals surface area contributed by atoms with E-state index in [-0.39, 0.29) is 5.91 Å². The molecular weight excluding hydrogens is 340 g/mol. The fourth-order valence-electron chi connectivity index (χ4n) is 3.10. The van der Waals surface area contributed by atoms with Crippen LogP contribution >= 0.6 is 0 Å². The van der Waals surface area contributed by atoms with Crippen molar-refractivity contribution in [3.8, 4) is 0 Å². The number of pyridine rings is 1. The van der Waals surface area contributed by atoms with E-state index >= 15 is 0 Å². The highest BCUT2D eigenvalue weighted by Crippen LogP contribution is 2.15. The minimum Gasteiger partial charge on any atom is -0.370 e. The summed E-state index contributed by atoms with van der Waals surface area (Å²) in [5.74, 6) is 2.88. The first-order valence-corrected chi connectivity index (χ1v) is 9.58. The molecule has 7 heteroatoms. The zero-order chi connectivity index (χ0) is 19.2. The van der Waals surface area contributed by atoms with Crippen molar-refractivity contribution in [2.24, 2.45) is 5.92 Å². The summed E-state index contributed by atoms with van der Waals surface area (Å²) in [5.41, 5.74) is 0.459. The molecule has 1 fully saturated rings. The summed E-state index contributed by atoms with van der Waals surface area (Å²) >= 11 is 0. The maximum absolute atomic E-state index is 12.9. The van der Waals surface area contributed by atoms with E-state index < -0.39 is 0 Å². The molecule has 1 aliphatic rings. The SMILES string of the molecule is Cc1nc(NCCC(C)C)cc(C(=O)N2CCN(c3ccccn3)CC2)n1. The Hall–Kier alpha value is -2.70. The average molecular weight is 368 g/mol. The van der Waals surface area contributed by atoms with Crippen LogP contribution in [0.3, 0.4) is 0 Å². The van der Waals surface area contributed by atoms with Crippen LogP contribution in [0.5, 0.6) is 0 Å². The lowest BCUT2D eigenvalue weighted by Gasteiger charge is -2.35. The molecule has 0 bridgehead atoms. The molecule has 3 heterocycles. The van der Waals surface area contributed by atoms with Crippen molar-refractivity contribution in [2.45, 2.75) is 27.2 Å². The van der Waals surface area contributed by atoms with E-state index in [1.165, 1.54) is 0 Å². The summed E-state index contributed by atoms with van der Waals surface area (Å²) in [5, 5.41) is 3.31. The van der Waals surface area contributed by atoms with Crippen LogP contribution in [0.25, 0.3) is 0 Å². The predicted molar refractivity (Wildman–Crippen MR) is 107 cm³/mol. The molecule has 27 heavy (non-hydrogen) atoms. The van der Waals surface area contributed by atoms with Gasteiger partial charge in [0.05, 0.1) is 0 Å². The third kappa shape index (κ3) is 5.15. The van der Waals surface area contributed by atoms with Crippen molar-refractivity contribution < 1.29 is 4.79 Å². The monoisotopic (exact) mass is 368 g/mol. The van der Waals surface area contributed by atoms with Gasteiger partial charge in [-0.05, 0) is 31.4 Å². The summed E-state index contributed by atoms with van der Waals surface area (Å²) in [7, 11) is 0. The number of piperazine rings is 1. The molecule has 3 rings (SSSR count). The Morgan fingerprint density at radius 3 is 2.63 bits per heavy atom. The van der Waals surface area contributed by atoms with Crippen LogP contribution in [0, 0.1) is 12.8 Å². The van der Waals surface area contributed by atoms with E-state index in [2.05, 4.69) is 39.0 Å². The molecule has 0 spiro atoms. The minimum atomic E-state index is -0.0342. The van der Waals surface area contributed by atoms with Gasteiger partial charge in [0.25, 0.3) is 5.91 Å². The smallest absolute Gasteiger partial charge is 0.272 e. The second kappa shape index (κ2) is 8.79. The molecule has 1 amide bonds. The zero-order valence-corrected chi connectivity index (χ0v) is 16.4. The normalized spacial score (nSPS) is 14.5. The topological polar surface area (TPSA) is 74.2 Å². The van der Waals surface area contributed by atoms with E-state index in [1.807, 2.05) is 30.0 Å². The van der Waals surface area contributed by atoms with Gasteiger partial charge in [-0.25, -0.2) is 15.0 Å². The van der Waals surface area contributed by atoms with Crippen LogP contribution in [-0.4, -0.2) is 58.5 Å². The fraction of sp³-hybridized carbons (Fsp3) is 0.500. The predicted octanol–water partition coefficient (Wildman–Crippen LogP) is 2.60. The lowest BCUT2D eigenvalue weighted by Crippen LogP contribution is -2.49. The number of aryl methyl sites for hydroxylation is 1. The third-order valence-corrected chi connectivity index (χ3v) is 4.63. The number of rotatable bonds is 6. The van der Waals surface area contributed by atoms with Crippen molar-refractivity contribution in [1.29, 1.82) is 0 Å². The second-order valence-electron chi connectivity index (χ2n) is 7.26. The van der Waals surface area contributed by atoms with Crippen molar-refractivity contribution in [1.82, 2.24) is 19.9 Å². The molecule has 0 atom stereocenters. The summed E-state index contributed by atoms with van der Waals surface area (Å²) in [6.45, 7) is 9.90. The van der Waals surface area contributed by atoms with Gasteiger partial charge in [-0.3, -0.25) is 4.79 Å². The van der Waals surface area contributed by atoms with Gasteiger partial charge in [-0.2, -0.15) is 0 Å². The fourth-order valence-corrected chi connectivity index (χ4v) is 3.10. The molecule has 0 aromatic carbocycles. The molecule has 1 saturated heterocycles. The van der Waals surface area contributed by atoms with Gasteiger partial charge >= 0.3 is 0 Å². The number of amides is 1. The van der Waals surface area contributed by atoms with Crippen LogP contribution in [0.4, 0.5) is 11.6 Å². The summed E-state index contributed by atoms with van der Waals surface area (Å²) in [4.78, 5) is 30.1. The molecule has 2 aromatic rings. The van der Waals surface area contributed by atoms with E-state index in [0.717, 1.165) is 37.7 Å². The number of hydrogen-bond acceptors (Lipinski definition) is 6. The van der Waals surface area contributed by atoms with Crippen molar-refractivity contribution in [3.63, 3.8) is 0 Å². The van der Waals surface area contributed by atoms with E-state index in [4.69, 9.17) is 0 Å². The number of carbonyl (C=O) groups is 1. The van der Waals surface area contributed by atoms with Crippen LogP contribution in [0.2, 0.25) is 0 Å². The second-order valence-corrected chi connectivity index (χ2v) is 7.26. The Morgan fingerprint density at radius 2 is 1.96 bits per heavy atom. The largest absolute Gasteiger partial charge is 0.370 e. The average Bonchev–Trinajstić information content (AvgIpc) is 2.67. The van der Waals surface area contributed by atoms with Crippen LogP contribution in [-0.2, 0) is 0 Å². The Bertz CT molecular complexity index is 756. The molecule has 1 N–H and O–H groups in total. The van der Waals surface area contributed by atoms with Gasteiger partial charge in [-0.15, -0.1) is 0 Å². The Balaban J connectivity index is 1.61. The lowest BCUT2D eigenvalue weighted by molar-refractivity contribution is 0.0740. The minimum absolute atomic E-state index is 0.0342. The Morgan fingerprint density at radius 1 is 1.19 bits per heavy atom. The first-order chi connectivity index (χ1) is 13.0. The summed E-state index contributed by atoms with van der Waals surface area (Å²) in [6, 6.07) is 7.66. The van der Waals surface area contributed by atoms with Gasteiger partial charge in [0.15, 0.2) is 0 Å². The number of aromatic nitrogens is 3. The Kier molecular flexibility index (Phi) is 6.21. The number of hydrogen-bond donors (Lipinski definition) is 1. The van der Waals surface area contributed by atoms with Crippen LogP contribution in [0.1, 0.15) is 36.6 Å². The summed E-state index contributed by atoms with van der Waals surface area (Å²) < 4.78 is 0. The summed E-state index contributed by atoms with van der Waals surface area (Å²) in [6.07, 6.45) is 2.85. The number of nitrogens with one attached hydrogen (secondary N) is 1. The van der Waals surface area contributed by atoms with E-state index in [9.17, 15) is 4.79 Å². The number of carbonyl (C=O) groups excluding carboxylic acids is 1. The molecule has 0 saturated carbocycles. The highest BCUT2D eigenvalue weighted by atomic mass is 16.2. The van der Waals surface area contributed by atoms with Crippen LogP contribution in [0.15, 0.2) is 30.5 Å². The molecule has 1 aliphatic heterocycles. The molecule has 7 nitrogen and oxygen atoms in total.